The smallest absolute Gasteiger partial charge is 0.331 e. The molecular weight excluding hydrogens is 666 g/mol. The normalized spacial score (nSPS) is 49.1. The first-order valence-corrected chi connectivity index (χ1v) is 19.6. The number of hydrogen-bond acceptors (Lipinski definition) is 12. The van der Waals surface area contributed by atoms with Gasteiger partial charge >= 0.3 is 11.9 Å². The fourth-order valence-corrected chi connectivity index (χ4v) is 13.7. The van der Waals surface area contributed by atoms with Crippen molar-refractivity contribution in [3.63, 3.8) is 0 Å². The summed E-state index contributed by atoms with van der Waals surface area (Å²) in [5.74, 6) is -2.19. The van der Waals surface area contributed by atoms with E-state index in [1.807, 2.05) is 6.92 Å². The molecule has 13 heteroatoms. The van der Waals surface area contributed by atoms with Crippen molar-refractivity contribution in [3.8, 4) is 0 Å². The summed E-state index contributed by atoms with van der Waals surface area (Å²) in [5.41, 5.74) is -0.132. The molecule has 50 heavy (non-hydrogen) atoms. The average Bonchev–Trinajstić information content (AvgIpc) is 3.76. The van der Waals surface area contributed by atoms with Crippen LogP contribution in [0.2, 0.25) is 0 Å². The molecule has 1 amide bonds. The van der Waals surface area contributed by atoms with Gasteiger partial charge in [-0.15, -0.1) is 11.8 Å². The second kappa shape index (κ2) is 12.3. The number of carbonyl (C=O) groups is 4. The van der Waals surface area contributed by atoms with Crippen LogP contribution >= 0.6 is 11.8 Å². The number of ketones is 1. The van der Waals surface area contributed by atoms with Gasteiger partial charge in [0, 0.05) is 36.4 Å². The van der Waals surface area contributed by atoms with Crippen LogP contribution in [0.4, 0.5) is 0 Å². The molecule has 3 N–H and O–H groups in total. The molecule has 1 unspecified atom stereocenters. The topological polar surface area (TPSA) is 167 Å². The van der Waals surface area contributed by atoms with E-state index < -0.39 is 39.9 Å². The molecule has 276 valence electrons. The van der Waals surface area contributed by atoms with Gasteiger partial charge in [-0.2, -0.15) is 0 Å². The maximum Gasteiger partial charge on any atom is 0.331 e. The highest BCUT2D eigenvalue weighted by atomic mass is 32.2. The Hall–Kier alpha value is -2.03. The summed E-state index contributed by atoms with van der Waals surface area (Å²) in [7, 11) is 0. The zero-order valence-corrected chi connectivity index (χ0v) is 30.1. The number of Topliss-reactive ketones (excluding diaryl/α,β-unsaturated/α-hetero) is 1. The Balaban J connectivity index is 1.14. The Morgan fingerprint density at radius 2 is 1.88 bits per heavy atom. The van der Waals surface area contributed by atoms with Crippen molar-refractivity contribution in [2.45, 2.75) is 127 Å². The van der Waals surface area contributed by atoms with Gasteiger partial charge in [0.15, 0.2) is 0 Å². The zero-order valence-electron chi connectivity index (χ0n) is 29.3. The predicted octanol–water partition coefficient (Wildman–Crippen LogP) is 3.16. The van der Waals surface area contributed by atoms with Crippen molar-refractivity contribution in [2.24, 2.45) is 39.9 Å². The van der Waals surface area contributed by atoms with Gasteiger partial charge in [0.2, 0.25) is 12.2 Å². The third-order valence-electron chi connectivity index (χ3n) is 14.7. The van der Waals surface area contributed by atoms with Crippen molar-refractivity contribution in [3.05, 3.63) is 11.6 Å². The number of thioether (sulfide) groups is 1. The standard InChI is InChI=1S/C37H51NO11S/c1-20(40)4-7-30(42)46-19-34-15-28-27(48-32-37(44,49-28)36(14-21(2)47-32)38-29(41)17-50-36)13-23(34)5-6-26-25(34)8-10-33(3)24(9-11-35(26,33)18-39)22-12-31(43)45-16-22/h12,21,23-28,32,39,44H,4-11,13-19H2,1-3H3,(H,38,41)/t21-,23+,24-,25+,26-,27-,28-,32+,33-,34-,35+,36+,37?/m1/s1. The monoisotopic (exact) mass is 717 g/mol. The van der Waals surface area contributed by atoms with Gasteiger partial charge in [0.1, 0.15) is 17.3 Å². The number of rotatable bonds is 7. The second-order valence-corrected chi connectivity index (χ2v) is 18.2. The lowest BCUT2D eigenvalue weighted by molar-refractivity contribution is -0.449. The molecule has 4 aliphatic carbocycles. The average molecular weight is 718 g/mol. The number of aliphatic hydroxyl groups excluding tert-OH is 1. The van der Waals surface area contributed by atoms with E-state index in [2.05, 4.69) is 12.2 Å². The number of cyclic esters (lactones) is 1. The van der Waals surface area contributed by atoms with E-state index in [0.717, 1.165) is 44.1 Å². The summed E-state index contributed by atoms with van der Waals surface area (Å²) in [5, 5.41) is 26.8. The fraction of sp³-hybridized carbons (Fsp3) is 0.838. The molecule has 12 nitrogen and oxygen atoms in total. The van der Waals surface area contributed by atoms with Crippen LogP contribution in [0.5, 0.6) is 0 Å². The first-order valence-electron chi connectivity index (χ1n) is 18.6. The molecule has 0 aromatic heterocycles. The van der Waals surface area contributed by atoms with Gasteiger partial charge in [-0.1, -0.05) is 6.92 Å². The van der Waals surface area contributed by atoms with Gasteiger partial charge in [-0.25, -0.2) is 4.79 Å². The summed E-state index contributed by atoms with van der Waals surface area (Å²) < 4.78 is 31.1. The number of ether oxygens (including phenoxy) is 5. The van der Waals surface area contributed by atoms with Crippen molar-refractivity contribution in [1.29, 1.82) is 0 Å². The molecule has 13 atom stereocenters. The molecule has 8 rings (SSSR count). The van der Waals surface area contributed by atoms with Gasteiger partial charge < -0.3 is 44.0 Å². The molecule has 4 heterocycles. The third kappa shape index (κ3) is 5.03. The largest absolute Gasteiger partial charge is 0.465 e. The highest BCUT2D eigenvalue weighted by Gasteiger charge is 2.73. The summed E-state index contributed by atoms with van der Waals surface area (Å²) in [6.45, 7) is 6.17. The highest BCUT2D eigenvalue weighted by Crippen LogP contribution is 2.74. The summed E-state index contributed by atoms with van der Waals surface area (Å²) in [4.78, 5) is 48.4. The second-order valence-electron chi connectivity index (χ2n) is 16.9. The lowest BCUT2D eigenvalue weighted by Gasteiger charge is -2.67. The van der Waals surface area contributed by atoms with E-state index in [9.17, 15) is 29.4 Å². The number of aliphatic hydroxyl groups is 2. The molecule has 7 fully saturated rings. The molecule has 8 aliphatic rings. The molecule has 4 aliphatic heterocycles. The lowest BCUT2D eigenvalue weighted by Crippen LogP contribution is -2.76. The molecule has 0 aromatic rings. The van der Waals surface area contributed by atoms with E-state index in [4.69, 9.17) is 23.7 Å². The van der Waals surface area contributed by atoms with Gasteiger partial charge in [-0.3, -0.25) is 9.59 Å². The van der Waals surface area contributed by atoms with Crippen LogP contribution in [0.25, 0.3) is 0 Å². The SMILES string of the molecule is CC(=O)CCC(=O)OC[C@]12C[C@H]3OC4(O)[C@@H](O[C@H](C)C[C@@]45NC(=O)CS5)O[C@@H]3C[C@@H]1CC[C@@H]1[C@@H]2CC[C@]2(C)[C@@H](C3=CC(=O)OC3)CC[C@]12CO. The fourth-order valence-electron chi connectivity index (χ4n) is 12.4. The lowest BCUT2D eigenvalue weighted by atomic mass is 9.39. The maximum atomic E-state index is 13.1. The minimum Gasteiger partial charge on any atom is -0.465 e. The number of carbonyl (C=O) groups excluding carboxylic acids is 4. The molecule has 1 spiro atoms. The number of fused-ring (bicyclic) bond motifs is 8. The van der Waals surface area contributed by atoms with Crippen molar-refractivity contribution >= 4 is 35.4 Å². The molecule has 4 saturated carbocycles. The Labute approximate surface area is 297 Å². The van der Waals surface area contributed by atoms with Crippen LogP contribution in [0.15, 0.2) is 11.6 Å². The highest BCUT2D eigenvalue weighted by molar-refractivity contribution is 8.01. The Morgan fingerprint density at radius 3 is 2.58 bits per heavy atom. The number of nitrogens with one attached hydrogen (secondary N) is 1. The minimum atomic E-state index is -1.93. The summed E-state index contributed by atoms with van der Waals surface area (Å²) in [6, 6.07) is 0. The van der Waals surface area contributed by atoms with E-state index in [1.165, 1.54) is 18.7 Å². The number of amides is 1. The van der Waals surface area contributed by atoms with Crippen LogP contribution in [-0.2, 0) is 42.9 Å². The maximum absolute atomic E-state index is 13.1. The predicted molar refractivity (Wildman–Crippen MR) is 178 cm³/mol. The Morgan fingerprint density at radius 1 is 1.06 bits per heavy atom. The van der Waals surface area contributed by atoms with Crippen LogP contribution < -0.4 is 5.32 Å². The molecule has 0 radical (unpaired) electrons. The van der Waals surface area contributed by atoms with Crippen LogP contribution in [0.1, 0.15) is 91.4 Å². The molecular formula is C37H51NO11S. The summed E-state index contributed by atoms with van der Waals surface area (Å²) >= 11 is 1.33. The minimum absolute atomic E-state index is 0.0163. The number of hydrogen-bond donors (Lipinski definition) is 3. The van der Waals surface area contributed by atoms with E-state index in [0.29, 0.717) is 25.9 Å². The van der Waals surface area contributed by atoms with E-state index in [1.54, 1.807) is 6.08 Å². The first kappa shape index (κ1) is 35.0. The third-order valence-corrected chi connectivity index (χ3v) is 16.2. The van der Waals surface area contributed by atoms with Crippen molar-refractivity contribution in [2.75, 3.05) is 25.6 Å². The molecule has 0 bridgehead atoms. The summed E-state index contributed by atoms with van der Waals surface area (Å²) in [6.07, 6.45) is 6.15. The van der Waals surface area contributed by atoms with Crippen LogP contribution in [-0.4, -0.2) is 94.7 Å². The first-order chi connectivity index (χ1) is 23.8. The van der Waals surface area contributed by atoms with Crippen molar-refractivity contribution < 1.29 is 53.1 Å². The quantitative estimate of drug-likeness (QED) is 0.261. The Bertz CT molecular complexity index is 1490. The van der Waals surface area contributed by atoms with Gasteiger partial charge in [0.25, 0.3) is 5.79 Å². The van der Waals surface area contributed by atoms with E-state index in [-0.39, 0.29) is 90.8 Å². The van der Waals surface area contributed by atoms with Crippen LogP contribution in [0.3, 0.4) is 0 Å². The zero-order chi connectivity index (χ0) is 35.3. The van der Waals surface area contributed by atoms with Gasteiger partial charge in [-0.05, 0) is 99.9 Å². The van der Waals surface area contributed by atoms with E-state index >= 15 is 0 Å². The van der Waals surface area contributed by atoms with Gasteiger partial charge in [0.05, 0.1) is 37.1 Å². The molecule has 3 saturated heterocycles. The molecule has 0 aromatic carbocycles. The van der Waals surface area contributed by atoms with Crippen molar-refractivity contribution in [1.82, 2.24) is 5.32 Å². The number of esters is 2. The Kier molecular flexibility index (Phi) is 8.59. The van der Waals surface area contributed by atoms with Crippen LogP contribution in [0, 0.1) is 39.9 Å².